The van der Waals surface area contributed by atoms with Crippen LogP contribution in [0.3, 0.4) is 0 Å². The number of aromatic nitrogens is 1. The van der Waals surface area contributed by atoms with Gasteiger partial charge in [0.25, 0.3) is 5.91 Å². The molecule has 2 rings (SSSR count). The molecule has 1 unspecified atom stereocenters. The summed E-state index contributed by atoms with van der Waals surface area (Å²) in [4.78, 5) is 31.3. The number of thiazole rings is 1. The molecule has 2 heterocycles. The molecule has 0 N–H and O–H groups in total. The summed E-state index contributed by atoms with van der Waals surface area (Å²) in [6.45, 7) is 0.639. The Kier molecular flexibility index (Phi) is 3.42. The van der Waals surface area contributed by atoms with Gasteiger partial charge in [0.2, 0.25) is 5.91 Å². The van der Waals surface area contributed by atoms with Crippen molar-refractivity contribution >= 4 is 23.2 Å². The predicted octanol–water partition coefficient (Wildman–Crippen LogP) is 0.836. The minimum absolute atomic E-state index is 0.00826. The summed E-state index contributed by atoms with van der Waals surface area (Å²) in [5.74, 6) is -0.143. The second kappa shape index (κ2) is 4.83. The van der Waals surface area contributed by atoms with Crippen LogP contribution in [-0.2, 0) is 4.79 Å². The van der Waals surface area contributed by atoms with Crippen molar-refractivity contribution in [2.24, 2.45) is 0 Å². The number of hydrogen-bond acceptors (Lipinski definition) is 4. The standard InChI is InChI=1S/C11H15N3O2S/c1-13(2)11(16)9-4-3-5-14(9)10(15)8-6-17-7-12-8/h6-7,9H,3-5H2,1-2H3. The average Bonchev–Trinajstić information content (AvgIpc) is 2.97. The van der Waals surface area contributed by atoms with Gasteiger partial charge in [0.15, 0.2) is 0 Å². The number of likely N-dealkylation sites (tertiary alicyclic amines) is 1. The van der Waals surface area contributed by atoms with E-state index in [2.05, 4.69) is 4.98 Å². The van der Waals surface area contributed by atoms with Crippen molar-refractivity contribution in [2.45, 2.75) is 18.9 Å². The topological polar surface area (TPSA) is 53.5 Å². The van der Waals surface area contributed by atoms with Crippen molar-refractivity contribution in [3.05, 3.63) is 16.6 Å². The molecule has 0 spiro atoms. The van der Waals surface area contributed by atoms with Crippen LogP contribution in [0, 0.1) is 0 Å². The van der Waals surface area contributed by atoms with Gasteiger partial charge in [-0.25, -0.2) is 4.98 Å². The van der Waals surface area contributed by atoms with Gasteiger partial charge in [0, 0.05) is 26.0 Å². The normalized spacial score (nSPS) is 19.4. The molecule has 2 amide bonds. The van der Waals surface area contributed by atoms with E-state index < -0.39 is 0 Å². The number of nitrogens with zero attached hydrogens (tertiary/aromatic N) is 3. The van der Waals surface area contributed by atoms with Crippen molar-refractivity contribution in [2.75, 3.05) is 20.6 Å². The third-order valence-electron chi connectivity index (χ3n) is 2.89. The van der Waals surface area contributed by atoms with Gasteiger partial charge in [0.1, 0.15) is 11.7 Å². The lowest BCUT2D eigenvalue weighted by Crippen LogP contribution is -2.45. The molecule has 92 valence electrons. The first-order valence-corrected chi connectivity index (χ1v) is 6.46. The maximum absolute atomic E-state index is 12.1. The van der Waals surface area contributed by atoms with Gasteiger partial charge >= 0.3 is 0 Å². The van der Waals surface area contributed by atoms with Crippen LogP contribution in [0.4, 0.5) is 0 Å². The molecule has 0 radical (unpaired) electrons. The van der Waals surface area contributed by atoms with Crippen molar-refractivity contribution in [3.63, 3.8) is 0 Å². The SMILES string of the molecule is CN(C)C(=O)C1CCCN1C(=O)c1cscn1. The van der Waals surface area contributed by atoms with Crippen LogP contribution in [0.5, 0.6) is 0 Å². The molecule has 1 aromatic rings. The molecule has 1 saturated heterocycles. The van der Waals surface area contributed by atoms with Crippen LogP contribution in [0.2, 0.25) is 0 Å². The van der Waals surface area contributed by atoms with Gasteiger partial charge < -0.3 is 9.80 Å². The summed E-state index contributed by atoms with van der Waals surface area (Å²) in [7, 11) is 3.43. The van der Waals surface area contributed by atoms with Gasteiger partial charge in [-0.3, -0.25) is 9.59 Å². The summed E-state index contributed by atoms with van der Waals surface area (Å²) in [5, 5.41) is 1.72. The maximum Gasteiger partial charge on any atom is 0.274 e. The molecular weight excluding hydrogens is 238 g/mol. The molecule has 1 aliphatic heterocycles. The highest BCUT2D eigenvalue weighted by Gasteiger charge is 2.35. The Morgan fingerprint density at radius 3 is 2.88 bits per heavy atom. The Morgan fingerprint density at radius 2 is 2.29 bits per heavy atom. The molecule has 5 nitrogen and oxygen atoms in total. The fourth-order valence-corrected chi connectivity index (χ4v) is 2.56. The molecule has 0 saturated carbocycles. The summed E-state index contributed by atoms with van der Waals surface area (Å²) < 4.78 is 0. The number of amides is 2. The van der Waals surface area contributed by atoms with Crippen molar-refractivity contribution < 1.29 is 9.59 Å². The van der Waals surface area contributed by atoms with E-state index in [1.165, 1.54) is 16.2 Å². The van der Waals surface area contributed by atoms with Crippen LogP contribution in [-0.4, -0.2) is 53.3 Å². The molecule has 1 fully saturated rings. The first-order chi connectivity index (χ1) is 8.11. The predicted molar refractivity (Wildman–Crippen MR) is 64.9 cm³/mol. The minimum Gasteiger partial charge on any atom is -0.347 e. The zero-order chi connectivity index (χ0) is 12.4. The van der Waals surface area contributed by atoms with Gasteiger partial charge in [0.05, 0.1) is 5.51 Å². The molecule has 17 heavy (non-hydrogen) atoms. The zero-order valence-corrected chi connectivity index (χ0v) is 10.7. The monoisotopic (exact) mass is 253 g/mol. The fraction of sp³-hybridized carbons (Fsp3) is 0.545. The Balaban J connectivity index is 2.15. The maximum atomic E-state index is 12.1. The summed E-state index contributed by atoms with van der Waals surface area (Å²) in [5.41, 5.74) is 2.07. The van der Waals surface area contributed by atoms with E-state index in [0.717, 1.165) is 12.8 Å². The Labute approximate surface area is 104 Å². The van der Waals surface area contributed by atoms with E-state index in [1.54, 1.807) is 29.9 Å². The van der Waals surface area contributed by atoms with Crippen LogP contribution in [0.1, 0.15) is 23.3 Å². The van der Waals surface area contributed by atoms with E-state index in [4.69, 9.17) is 0 Å². The Hall–Kier alpha value is -1.43. The molecular formula is C11H15N3O2S. The summed E-state index contributed by atoms with van der Waals surface area (Å²) in [6.07, 6.45) is 1.62. The lowest BCUT2D eigenvalue weighted by Gasteiger charge is -2.25. The second-order valence-electron chi connectivity index (χ2n) is 4.26. The van der Waals surface area contributed by atoms with Crippen molar-refractivity contribution in [3.8, 4) is 0 Å². The third-order valence-corrected chi connectivity index (χ3v) is 3.48. The van der Waals surface area contributed by atoms with Crippen LogP contribution in [0.25, 0.3) is 0 Å². The fourth-order valence-electron chi connectivity index (χ4n) is 2.03. The molecule has 0 aliphatic carbocycles. The van der Waals surface area contributed by atoms with Crippen molar-refractivity contribution in [1.82, 2.24) is 14.8 Å². The third kappa shape index (κ3) is 2.31. The van der Waals surface area contributed by atoms with E-state index in [-0.39, 0.29) is 17.9 Å². The van der Waals surface area contributed by atoms with Crippen LogP contribution < -0.4 is 0 Å². The largest absolute Gasteiger partial charge is 0.347 e. The van der Waals surface area contributed by atoms with Gasteiger partial charge in [-0.15, -0.1) is 11.3 Å². The summed E-state index contributed by atoms with van der Waals surface area (Å²) in [6, 6.07) is -0.320. The Bertz CT molecular complexity index is 416. The lowest BCUT2D eigenvalue weighted by molar-refractivity contribution is -0.132. The lowest BCUT2D eigenvalue weighted by atomic mass is 10.2. The molecule has 1 aromatic heterocycles. The van der Waals surface area contributed by atoms with E-state index in [0.29, 0.717) is 12.2 Å². The number of carbonyl (C=O) groups is 2. The highest BCUT2D eigenvalue weighted by atomic mass is 32.1. The highest BCUT2D eigenvalue weighted by molar-refractivity contribution is 7.07. The molecule has 0 aromatic carbocycles. The quantitative estimate of drug-likeness (QED) is 0.784. The molecule has 1 aliphatic rings. The highest BCUT2D eigenvalue weighted by Crippen LogP contribution is 2.21. The minimum atomic E-state index is -0.320. The van der Waals surface area contributed by atoms with Crippen molar-refractivity contribution in [1.29, 1.82) is 0 Å². The van der Waals surface area contributed by atoms with E-state index in [1.807, 2.05) is 0 Å². The van der Waals surface area contributed by atoms with Crippen LogP contribution in [0.15, 0.2) is 10.9 Å². The first kappa shape index (κ1) is 12.0. The number of rotatable bonds is 2. The zero-order valence-electron chi connectivity index (χ0n) is 9.92. The van der Waals surface area contributed by atoms with E-state index in [9.17, 15) is 9.59 Å². The van der Waals surface area contributed by atoms with E-state index >= 15 is 0 Å². The number of hydrogen-bond donors (Lipinski definition) is 0. The second-order valence-corrected chi connectivity index (χ2v) is 4.98. The Morgan fingerprint density at radius 1 is 1.53 bits per heavy atom. The van der Waals surface area contributed by atoms with Gasteiger partial charge in [-0.2, -0.15) is 0 Å². The molecule has 0 bridgehead atoms. The van der Waals surface area contributed by atoms with Gasteiger partial charge in [-0.05, 0) is 12.8 Å². The smallest absolute Gasteiger partial charge is 0.274 e. The number of carbonyl (C=O) groups excluding carboxylic acids is 2. The van der Waals surface area contributed by atoms with Gasteiger partial charge in [-0.1, -0.05) is 0 Å². The molecule has 1 atom stereocenters. The van der Waals surface area contributed by atoms with Crippen LogP contribution >= 0.6 is 11.3 Å². The number of likely N-dealkylation sites (N-methyl/N-ethyl adjacent to an activating group) is 1. The first-order valence-electron chi connectivity index (χ1n) is 5.51. The summed E-state index contributed by atoms with van der Waals surface area (Å²) >= 11 is 1.39. The molecule has 6 heteroatoms. The average molecular weight is 253 g/mol.